The van der Waals surface area contributed by atoms with Crippen LogP contribution in [0.25, 0.3) is 10.1 Å². The molecular formula is C17H19FN2O3S2. The monoisotopic (exact) mass is 382 g/mol. The van der Waals surface area contributed by atoms with Crippen LogP contribution in [-0.4, -0.2) is 67.9 Å². The molecule has 0 radical (unpaired) electrons. The zero-order valence-electron chi connectivity index (χ0n) is 13.7. The number of hydrogen-bond acceptors (Lipinski definition) is 5. The average molecular weight is 382 g/mol. The van der Waals surface area contributed by atoms with E-state index < -0.39 is 9.84 Å². The lowest BCUT2D eigenvalue weighted by Gasteiger charge is -2.37. The summed E-state index contributed by atoms with van der Waals surface area (Å²) in [6.45, 7) is 2.59. The summed E-state index contributed by atoms with van der Waals surface area (Å²) in [7, 11) is -2.89. The van der Waals surface area contributed by atoms with Crippen molar-refractivity contribution in [1.29, 1.82) is 0 Å². The Bertz CT molecular complexity index is 917. The average Bonchev–Trinajstić information content (AvgIpc) is 3.17. The van der Waals surface area contributed by atoms with Gasteiger partial charge in [-0.3, -0.25) is 9.69 Å². The second kappa shape index (κ2) is 6.34. The van der Waals surface area contributed by atoms with Crippen LogP contribution in [0.5, 0.6) is 0 Å². The molecule has 0 aliphatic carbocycles. The number of halogens is 1. The van der Waals surface area contributed by atoms with Gasteiger partial charge in [-0.2, -0.15) is 0 Å². The van der Waals surface area contributed by atoms with Crippen molar-refractivity contribution in [2.24, 2.45) is 0 Å². The van der Waals surface area contributed by atoms with E-state index in [2.05, 4.69) is 4.90 Å². The highest BCUT2D eigenvalue weighted by Gasteiger charge is 2.34. The van der Waals surface area contributed by atoms with Crippen LogP contribution in [0.4, 0.5) is 4.39 Å². The van der Waals surface area contributed by atoms with E-state index in [-0.39, 0.29) is 29.3 Å². The van der Waals surface area contributed by atoms with Gasteiger partial charge in [0, 0.05) is 36.9 Å². The van der Waals surface area contributed by atoms with Crippen molar-refractivity contribution in [3.05, 3.63) is 35.0 Å². The quantitative estimate of drug-likeness (QED) is 0.797. The van der Waals surface area contributed by atoms with Crippen LogP contribution in [0.15, 0.2) is 24.3 Å². The molecule has 2 saturated heterocycles. The molecule has 1 aromatic carbocycles. The number of rotatable bonds is 2. The van der Waals surface area contributed by atoms with Crippen molar-refractivity contribution in [2.75, 3.05) is 37.7 Å². The summed E-state index contributed by atoms with van der Waals surface area (Å²) in [6.07, 6.45) is 0.693. The molecule has 2 aliphatic heterocycles. The predicted octanol–water partition coefficient (Wildman–Crippen LogP) is 1.99. The maximum absolute atomic E-state index is 13.3. The van der Waals surface area contributed by atoms with E-state index in [0.29, 0.717) is 37.5 Å². The first-order valence-corrected chi connectivity index (χ1v) is 11.0. The molecule has 3 heterocycles. The molecule has 0 N–H and O–H groups in total. The number of thiophene rings is 1. The van der Waals surface area contributed by atoms with E-state index in [0.717, 1.165) is 10.1 Å². The first kappa shape index (κ1) is 16.9. The second-order valence-corrected chi connectivity index (χ2v) is 9.99. The maximum atomic E-state index is 13.3. The Morgan fingerprint density at radius 2 is 1.92 bits per heavy atom. The fraction of sp³-hybridized carbons (Fsp3) is 0.471. The molecule has 0 saturated carbocycles. The molecule has 5 nitrogen and oxygen atoms in total. The Labute approximate surface area is 149 Å². The summed E-state index contributed by atoms with van der Waals surface area (Å²) in [4.78, 5) is 17.3. The van der Waals surface area contributed by atoms with E-state index in [1.54, 1.807) is 17.0 Å². The summed E-state index contributed by atoms with van der Waals surface area (Å²) in [6, 6.07) is 6.39. The number of carbonyl (C=O) groups excluding carboxylic acids is 1. The number of fused-ring (bicyclic) bond motifs is 1. The van der Waals surface area contributed by atoms with Crippen LogP contribution in [0.2, 0.25) is 0 Å². The Morgan fingerprint density at radius 1 is 1.16 bits per heavy atom. The number of sulfone groups is 1. The Hall–Kier alpha value is -1.51. The van der Waals surface area contributed by atoms with Crippen molar-refractivity contribution in [2.45, 2.75) is 12.5 Å². The first-order chi connectivity index (χ1) is 11.9. The Kier molecular flexibility index (Phi) is 4.29. The van der Waals surface area contributed by atoms with Crippen molar-refractivity contribution >= 4 is 37.2 Å². The first-order valence-electron chi connectivity index (χ1n) is 8.34. The highest BCUT2D eigenvalue weighted by Crippen LogP contribution is 2.28. The third-order valence-corrected chi connectivity index (χ3v) is 7.87. The van der Waals surface area contributed by atoms with Crippen molar-refractivity contribution < 1.29 is 17.6 Å². The highest BCUT2D eigenvalue weighted by atomic mass is 32.2. The van der Waals surface area contributed by atoms with Gasteiger partial charge in [0.1, 0.15) is 5.82 Å². The molecule has 1 amide bonds. The van der Waals surface area contributed by atoms with Crippen molar-refractivity contribution in [3.63, 3.8) is 0 Å². The number of hydrogen-bond donors (Lipinski definition) is 0. The van der Waals surface area contributed by atoms with Crippen LogP contribution < -0.4 is 0 Å². The molecule has 2 fully saturated rings. The van der Waals surface area contributed by atoms with Gasteiger partial charge in [-0.15, -0.1) is 11.3 Å². The normalized spacial score (nSPS) is 24.0. The summed E-state index contributed by atoms with van der Waals surface area (Å²) in [5.41, 5.74) is 0. The van der Waals surface area contributed by atoms with E-state index in [1.165, 1.54) is 23.5 Å². The standard InChI is InChI=1S/C17H19FN2O3S2/c18-13-1-2-15-12(9-13)10-16(24-15)17(21)20-6-4-19(5-7-20)14-3-8-25(22,23)11-14/h1-2,9-10,14H,3-8,11H2. The molecule has 4 rings (SSSR count). The van der Waals surface area contributed by atoms with Gasteiger partial charge in [0.05, 0.1) is 16.4 Å². The van der Waals surface area contributed by atoms with Crippen LogP contribution in [-0.2, 0) is 9.84 Å². The SMILES string of the molecule is O=C(c1cc2cc(F)ccc2s1)N1CCN(C2CCS(=O)(=O)C2)CC1. The van der Waals surface area contributed by atoms with Crippen molar-refractivity contribution in [3.8, 4) is 0 Å². The summed E-state index contributed by atoms with van der Waals surface area (Å²) in [5.74, 6) is 0.183. The summed E-state index contributed by atoms with van der Waals surface area (Å²) in [5, 5.41) is 0.753. The van der Waals surface area contributed by atoms with Gasteiger partial charge in [0.25, 0.3) is 5.91 Å². The fourth-order valence-electron chi connectivity index (χ4n) is 3.63. The number of nitrogens with zero attached hydrogens (tertiary/aromatic N) is 2. The van der Waals surface area contributed by atoms with Gasteiger partial charge in [0.15, 0.2) is 9.84 Å². The van der Waals surface area contributed by atoms with Gasteiger partial charge in [-0.25, -0.2) is 12.8 Å². The Balaban J connectivity index is 1.42. The minimum absolute atomic E-state index is 0.0275. The topological polar surface area (TPSA) is 57.7 Å². The molecule has 1 atom stereocenters. The lowest BCUT2D eigenvalue weighted by atomic mass is 10.2. The van der Waals surface area contributed by atoms with Crippen LogP contribution in [0.3, 0.4) is 0 Å². The number of benzene rings is 1. The van der Waals surface area contributed by atoms with Crippen molar-refractivity contribution in [1.82, 2.24) is 9.80 Å². The molecule has 2 aliphatic rings. The van der Waals surface area contributed by atoms with Gasteiger partial charge in [-0.1, -0.05) is 0 Å². The number of carbonyl (C=O) groups is 1. The molecule has 2 aromatic rings. The summed E-state index contributed by atoms with van der Waals surface area (Å²) < 4.78 is 37.5. The fourth-order valence-corrected chi connectivity index (χ4v) is 6.40. The highest BCUT2D eigenvalue weighted by molar-refractivity contribution is 7.91. The molecule has 0 bridgehead atoms. The third kappa shape index (κ3) is 3.43. The number of piperazine rings is 1. The molecule has 25 heavy (non-hydrogen) atoms. The lowest BCUT2D eigenvalue weighted by molar-refractivity contribution is 0.0592. The molecule has 0 spiro atoms. The second-order valence-electron chi connectivity index (χ2n) is 6.68. The molecule has 1 unspecified atom stereocenters. The molecule has 134 valence electrons. The van der Waals surface area contributed by atoms with Gasteiger partial charge >= 0.3 is 0 Å². The molecule has 1 aromatic heterocycles. The number of amides is 1. The van der Waals surface area contributed by atoms with E-state index in [4.69, 9.17) is 0 Å². The van der Waals surface area contributed by atoms with E-state index >= 15 is 0 Å². The zero-order valence-corrected chi connectivity index (χ0v) is 15.3. The van der Waals surface area contributed by atoms with Crippen LogP contribution >= 0.6 is 11.3 Å². The minimum atomic E-state index is -2.89. The van der Waals surface area contributed by atoms with Crippen LogP contribution in [0, 0.1) is 5.82 Å². The largest absolute Gasteiger partial charge is 0.335 e. The lowest BCUT2D eigenvalue weighted by Crippen LogP contribution is -2.52. The smallest absolute Gasteiger partial charge is 0.264 e. The zero-order chi connectivity index (χ0) is 17.6. The Morgan fingerprint density at radius 3 is 2.60 bits per heavy atom. The van der Waals surface area contributed by atoms with Crippen LogP contribution in [0.1, 0.15) is 16.1 Å². The van der Waals surface area contributed by atoms with Gasteiger partial charge < -0.3 is 4.90 Å². The summed E-state index contributed by atoms with van der Waals surface area (Å²) >= 11 is 1.38. The minimum Gasteiger partial charge on any atom is -0.335 e. The molecule has 8 heteroatoms. The van der Waals surface area contributed by atoms with E-state index in [9.17, 15) is 17.6 Å². The maximum Gasteiger partial charge on any atom is 0.264 e. The predicted molar refractivity (Wildman–Crippen MR) is 96.3 cm³/mol. The third-order valence-electron chi connectivity index (χ3n) is 5.02. The molecular weight excluding hydrogens is 363 g/mol. The van der Waals surface area contributed by atoms with E-state index in [1.807, 2.05) is 0 Å². The van der Waals surface area contributed by atoms with Gasteiger partial charge in [0.2, 0.25) is 0 Å². The van der Waals surface area contributed by atoms with Gasteiger partial charge in [-0.05, 0) is 36.1 Å².